The van der Waals surface area contributed by atoms with Crippen LogP contribution in [0.25, 0.3) is 0 Å². The van der Waals surface area contributed by atoms with Crippen molar-refractivity contribution in [2.45, 2.75) is 25.3 Å². The molecule has 180 valence electrons. The summed E-state index contributed by atoms with van der Waals surface area (Å²) in [6, 6.07) is 4.68. The fraction of sp³-hybridized carbons (Fsp3) is 0.278. The van der Waals surface area contributed by atoms with E-state index in [1.54, 1.807) is 0 Å². The van der Waals surface area contributed by atoms with E-state index in [0.29, 0.717) is 12.8 Å². The van der Waals surface area contributed by atoms with Crippen LogP contribution in [0, 0.1) is 40.5 Å². The molecule has 0 aromatic heterocycles. The highest BCUT2D eigenvalue weighted by Crippen LogP contribution is 2.31. The number of aliphatic carboxylic acids is 1. The first-order chi connectivity index (χ1) is 16.0. The summed E-state index contributed by atoms with van der Waals surface area (Å²) in [6.07, 6.45) is 0.661. The molecule has 2 aromatic rings. The van der Waals surface area contributed by atoms with Gasteiger partial charge in [0.2, 0.25) is 0 Å². The molecule has 0 saturated heterocycles. The number of carboxylic acid groups (broad SMARTS) is 1. The molecule has 1 atom stereocenters. The molecule has 3 N–H and O–H groups in total. The third-order valence-electron chi connectivity index (χ3n) is 4.64. The zero-order valence-electron chi connectivity index (χ0n) is 17.3. The number of nitro benzene ring substituents is 4. The van der Waals surface area contributed by atoms with E-state index in [0.717, 1.165) is 30.3 Å². The SMILES string of the molecule is O=C(O)C(CCCCNc1ccc([N+](=O)[O-])cc1[N+](=O)[O-])Nc1ccc([N+](=O)[O-])cc1[N+](=O)[O-]. The number of hydrogen-bond donors (Lipinski definition) is 3. The predicted octanol–water partition coefficient (Wildman–Crippen LogP) is 3.47. The average molecular weight is 478 g/mol. The summed E-state index contributed by atoms with van der Waals surface area (Å²) in [5.74, 6) is -1.30. The first-order valence-electron chi connectivity index (χ1n) is 9.60. The van der Waals surface area contributed by atoms with E-state index >= 15 is 0 Å². The van der Waals surface area contributed by atoms with Crippen LogP contribution in [-0.2, 0) is 4.79 Å². The minimum Gasteiger partial charge on any atom is -0.480 e. The average Bonchev–Trinajstić information content (AvgIpc) is 2.77. The monoisotopic (exact) mass is 478 g/mol. The fourth-order valence-electron chi connectivity index (χ4n) is 2.98. The van der Waals surface area contributed by atoms with Crippen LogP contribution in [-0.4, -0.2) is 43.4 Å². The zero-order valence-corrected chi connectivity index (χ0v) is 17.3. The van der Waals surface area contributed by atoms with Gasteiger partial charge in [0.05, 0.1) is 31.8 Å². The van der Waals surface area contributed by atoms with Gasteiger partial charge >= 0.3 is 5.97 Å². The number of non-ortho nitro benzene ring substituents is 2. The quantitative estimate of drug-likeness (QED) is 0.213. The molecule has 0 radical (unpaired) electrons. The molecule has 16 nitrogen and oxygen atoms in total. The maximum absolute atomic E-state index is 11.6. The highest BCUT2D eigenvalue weighted by Gasteiger charge is 2.24. The van der Waals surface area contributed by atoms with Gasteiger partial charge in [-0.2, -0.15) is 0 Å². The van der Waals surface area contributed by atoms with Gasteiger partial charge in [-0.1, -0.05) is 0 Å². The second-order valence-electron chi connectivity index (χ2n) is 6.89. The third kappa shape index (κ3) is 6.55. The van der Waals surface area contributed by atoms with E-state index in [2.05, 4.69) is 10.6 Å². The molecule has 2 rings (SSSR count). The van der Waals surface area contributed by atoms with Crippen molar-refractivity contribution in [3.8, 4) is 0 Å². The van der Waals surface area contributed by atoms with E-state index in [-0.39, 0.29) is 24.3 Å². The van der Waals surface area contributed by atoms with Gasteiger partial charge in [0.25, 0.3) is 22.7 Å². The van der Waals surface area contributed by atoms with Gasteiger partial charge in [0.15, 0.2) is 0 Å². The van der Waals surface area contributed by atoms with Crippen molar-refractivity contribution in [3.05, 3.63) is 76.9 Å². The van der Waals surface area contributed by atoms with E-state index in [1.165, 1.54) is 6.07 Å². The number of anilines is 2. The molecule has 0 bridgehead atoms. The minimum atomic E-state index is -1.30. The first-order valence-corrected chi connectivity index (χ1v) is 9.60. The first kappa shape index (κ1) is 25.4. The lowest BCUT2D eigenvalue weighted by molar-refractivity contribution is -0.393. The van der Waals surface area contributed by atoms with Gasteiger partial charge in [-0.3, -0.25) is 40.5 Å². The molecule has 0 aliphatic carbocycles. The van der Waals surface area contributed by atoms with Crippen LogP contribution >= 0.6 is 0 Å². The Morgan fingerprint density at radius 1 is 0.794 bits per heavy atom. The van der Waals surface area contributed by atoms with Crippen LogP contribution in [0.3, 0.4) is 0 Å². The molecule has 16 heteroatoms. The number of unbranched alkanes of at least 4 members (excludes halogenated alkanes) is 1. The molecular weight excluding hydrogens is 460 g/mol. The Kier molecular flexibility index (Phi) is 8.30. The maximum Gasteiger partial charge on any atom is 0.326 e. The summed E-state index contributed by atoms with van der Waals surface area (Å²) >= 11 is 0. The highest BCUT2D eigenvalue weighted by atomic mass is 16.6. The van der Waals surface area contributed by atoms with Gasteiger partial charge in [-0.05, 0) is 31.4 Å². The largest absolute Gasteiger partial charge is 0.480 e. The highest BCUT2D eigenvalue weighted by molar-refractivity contribution is 5.79. The van der Waals surface area contributed by atoms with Crippen LogP contribution in [0.2, 0.25) is 0 Å². The summed E-state index contributed by atoms with van der Waals surface area (Å²) in [5.41, 5.74) is -2.21. The van der Waals surface area contributed by atoms with Crippen molar-refractivity contribution in [3.63, 3.8) is 0 Å². The van der Waals surface area contributed by atoms with Crippen molar-refractivity contribution < 1.29 is 29.6 Å². The molecule has 0 saturated carbocycles. The van der Waals surface area contributed by atoms with Crippen molar-refractivity contribution in [1.82, 2.24) is 0 Å². The Labute approximate surface area is 189 Å². The Hall–Kier alpha value is -4.89. The summed E-state index contributed by atoms with van der Waals surface area (Å²) in [6.45, 7) is 0.183. The van der Waals surface area contributed by atoms with E-state index in [4.69, 9.17) is 0 Å². The van der Waals surface area contributed by atoms with Crippen LogP contribution < -0.4 is 10.6 Å². The van der Waals surface area contributed by atoms with E-state index < -0.39 is 54.5 Å². The lowest BCUT2D eigenvalue weighted by Crippen LogP contribution is -2.29. The normalized spacial score (nSPS) is 11.3. The van der Waals surface area contributed by atoms with Gasteiger partial charge in [-0.25, -0.2) is 4.79 Å². The Balaban J connectivity index is 1.99. The van der Waals surface area contributed by atoms with Crippen LogP contribution in [0.4, 0.5) is 34.1 Å². The van der Waals surface area contributed by atoms with E-state index in [1.807, 2.05) is 0 Å². The number of rotatable bonds is 13. The Morgan fingerprint density at radius 2 is 1.29 bits per heavy atom. The van der Waals surface area contributed by atoms with Crippen LogP contribution in [0.1, 0.15) is 19.3 Å². The molecular formula is C18H18N6O10. The van der Waals surface area contributed by atoms with Gasteiger partial charge < -0.3 is 15.7 Å². The molecule has 0 amide bonds. The Morgan fingerprint density at radius 3 is 1.76 bits per heavy atom. The van der Waals surface area contributed by atoms with Crippen molar-refractivity contribution in [1.29, 1.82) is 0 Å². The van der Waals surface area contributed by atoms with Gasteiger partial charge in [-0.15, -0.1) is 0 Å². The second kappa shape index (κ2) is 11.1. The summed E-state index contributed by atoms with van der Waals surface area (Å²) in [7, 11) is 0. The number of nitrogens with one attached hydrogen (secondary N) is 2. The summed E-state index contributed by atoms with van der Waals surface area (Å²) in [5, 5.41) is 58.7. The van der Waals surface area contributed by atoms with Crippen molar-refractivity contribution in [2.24, 2.45) is 0 Å². The number of nitrogens with zero attached hydrogens (tertiary/aromatic N) is 4. The Bertz CT molecular complexity index is 1140. The lowest BCUT2D eigenvalue weighted by Gasteiger charge is -2.16. The van der Waals surface area contributed by atoms with Gasteiger partial charge in [0.1, 0.15) is 17.4 Å². The van der Waals surface area contributed by atoms with E-state index in [9.17, 15) is 50.4 Å². The summed E-state index contributed by atoms with van der Waals surface area (Å²) in [4.78, 5) is 52.3. The van der Waals surface area contributed by atoms with Crippen molar-refractivity contribution in [2.75, 3.05) is 17.2 Å². The molecule has 2 aromatic carbocycles. The molecule has 34 heavy (non-hydrogen) atoms. The molecule has 0 aliphatic heterocycles. The topological polar surface area (TPSA) is 234 Å². The minimum absolute atomic E-state index is 0.0213. The van der Waals surface area contributed by atoms with Crippen LogP contribution in [0.5, 0.6) is 0 Å². The predicted molar refractivity (Wildman–Crippen MR) is 117 cm³/mol. The second-order valence-corrected chi connectivity index (χ2v) is 6.89. The smallest absolute Gasteiger partial charge is 0.326 e. The standard InChI is InChI=1S/C18H18N6O10/c25-18(26)15(20-14-7-5-12(22(29)30)10-17(14)24(33)34)3-1-2-8-19-13-6-4-11(21(27)28)9-16(13)23(31)32/h4-7,9-10,15,19-20H,1-3,8H2,(H,25,26). The molecule has 0 spiro atoms. The molecule has 0 aliphatic rings. The van der Waals surface area contributed by atoms with Gasteiger partial charge in [0, 0.05) is 18.7 Å². The number of hydrogen-bond acceptors (Lipinski definition) is 11. The molecule has 0 heterocycles. The summed E-state index contributed by atoms with van der Waals surface area (Å²) < 4.78 is 0. The third-order valence-corrected chi connectivity index (χ3v) is 4.64. The molecule has 1 unspecified atom stereocenters. The number of carbonyl (C=O) groups is 1. The number of benzene rings is 2. The number of carboxylic acids is 1. The van der Waals surface area contributed by atoms with Crippen molar-refractivity contribution >= 4 is 40.1 Å². The maximum atomic E-state index is 11.6. The van der Waals surface area contributed by atoms with Crippen LogP contribution in [0.15, 0.2) is 36.4 Å². The zero-order chi connectivity index (χ0) is 25.4. The lowest BCUT2D eigenvalue weighted by atomic mass is 10.1. The molecule has 0 fully saturated rings. The fourth-order valence-corrected chi connectivity index (χ4v) is 2.98. The number of nitro groups is 4.